The number of nitrogens with two attached hydrogens (primary N) is 1. The lowest BCUT2D eigenvalue weighted by Crippen LogP contribution is -2.00. The minimum atomic E-state index is 0.730. The zero-order valence-corrected chi connectivity index (χ0v) is 7.48. The van der Waals surface area contributed by atoms with E-state index in [1.165, 1.54) is 0 Å². The van der Waals surface area contributed by atoms with Gasteiger partial charge in [-0.05, 0) is 37.6 Å². The van der Waals surface area contributed by atoms with Crippen molar-refractivity contribution < 1.29 is 0 Å². The molecule has 3 nitrogen and oxygen atoms in total. The third-order valence-corrected chi connectivity index (χ3v) is 2.06. The van der Waals surface area contributed by atoms with Crippen molar-refractivity contribution in [1.82, 2.24) is 9.61 Å². The van der Waals surface area contributed by atoms with Crippen molar-refractivity contribution in [2.45, 2.75) is 12.8 Å². The summed E-state index contributed by atoms with van der Waals surface area (Å²) in [5.41, 5.74) is 7.71. The van der Waals surface area contributed by atoms with Gasteiger partial charge in [-0.3, -0.25) is 0 Å². The van der Waals surface area contributed by atoms with E-state index in [4.69, 9.17) is 5.73 Å². The highest BCUT2D eigenvalue weighted by atomic mass is 15.2. The van der Waals surface area contributed by atoms with Crippen LogP contribution in [0.5, 0.6) is 0 Å². The lowest BCUT2D eigenvalue weighted by Gasteiger charge is -1.90. The summed E-state index contributed by atoms with van der Waals surface area (Å²) in [5, 5.41) is 4.41. The minimum Gasteiger partial charge on any atom is -0.330 e. The van der Waals surface area contributed by atoms with Crippen molar-refractivity contribution >= 4 is 5.52 Å². The molecule has 0 aliphatic heterocycles. The number of pyridine rings is 1. The number of hydrogen-bond donors (Lipinski definition) is 1. The quantitative estimate of drug-likeness (QED) is 0.762. The second kappa shape index (κ2) is 3.58. The molecule has 2 aromatic heterocycles. The predicted octanol–water partition coefficient (Wildman–Crippen LogP) is 1.23. The van der Waals surface area contributed by atoms with E-state index in [9.17, 15) is 0 Å². The van der Waals surface area contributed by atoms with E-state index < -0.39 is 0 Å². The molecule has 13 heavy (non-hydrogen) atoms. The first kappa shape index (κ1) is 8.26. The van der Waals surface area contributed by atoms with Gasteiger partial charge in [0, 0.05) is 6.20 Å². The summed E-state index contributed by atoms with van der Waals surface area (Å²) >= 11 is 0. The molecule has 2 heterocycles. The lowest BCUT2D eigenvalue weighted by molar-refractivity contribution is 0.790. The van der Waals surface area contributed by atoms with Gasteiger partial charge in [-0.1, -0.05) is 6.07 Å². The molecule has 0 radical (unpaired) electrons. The van der Waals surface area contributed by atoms with Crippen molar-refractivity contribution in [2.75, 3.05) is 6.54 Å². The summed E-state index contributed by atoms with van der Waals surface area (Å²) in [4.78, 5) is 0. The Morgan fingerprint density at radius 3 is 3.08 bits per heavy atom. The maximum atomic E-state index is 5.44. The van der Waals surface area contributed by atoms with E-state index >= 15 is 0 Å². The molecule has 0 aliphatic rings. The molecule has 0 spiro atoms. The van der Waals surface area contributed by atoms with Crippen LogP contribution in [-0.4, -0.2) is 16.2 Å². The number of hydrogen-bond acceptors (Lipinski definition) is 2. The molecule has 0 saturated carbocycles. The number of aryl methyl sites for hydroxylation is 1. The van der Waals surface area contributed by atoms with Gasteiger partial charge in [-0.25, -0.2) is 4.52 Å². The van der Waals surface area contributed by atoms with Gasteiger partial charge in [-0.2, -0.15) is 5.10 Å². The van der Waals surface area contributed by atoms with Crippen molar-refractivity contribution in [3.63, 3.8) is 0 Å². The smallest absolute Gasteiger partial charge is 0.0664 e. The first-order valence-corrected chi connectivity index (χ1v) is 4.53. The van der Waals surface area contributed by atoms with E-state index in [-0.39, 0.29) is 0 Å². The minimum absolute atomic E-state index is 0.730. The zero-order valence-electron chi connectivity index (χ0n) is 7.48. The first-order valence-electron chi connectivity index (χ1n) is 4.53. The van der Waals surface area contributed by atoms with Gasteiger partial charge in [-0.15, -0.1) is 0 Å². The number of aromatic nitrogens is 2. The van der Waals surface area contributed by atoms with E-state index in [1.807, 2.05) is 22.8 Å². The zero-order chi connectivity index (χ0) is 9.10. The van der Waals surface area contributed by atoms with Crippen molar-refractivity contribution in [2.24, 2.45) is 5.73 Å². The van der Waals surface area contributed by atoms with Gasteiger partial charge in [0.1, 0.15) is 0 Å². The van der Waals surface area contributed by atoms with Crippen LogP contribution in [0.3, 0.4) is 0 Å². The second-order valence-corrected chi connectivity index (χ2v) is 3.10. The summed E-state index contributed by atoms with van der Waals surface area (Å²) in [7, 11) is 0. The monoisotopic (exact) mass is 175 g/mol. The molecule has 0 amide bonds. The summed E-state index contributed by atoms with van der Waals surface area (Å²) in [6.45, 7) is 0.730. The standard InChI is InChI=1S/C10H13N3/c11-6-3-4-9-8-10-5-1-2-7-13(10)12-9/h1-2,5,7-8H,3-4,6,11H2. The number of rotatable bonds is 3. The topological polar surface area (TPSA) is 43.3 Å². The third kappa shape index (κ3) is 1.70. The Labute approximate surface area is 77.2 Å². The number of fused-ring (bicyclic) bond motifs is 1. The Morgan fingerprint density at radius 2 is 2.31 bits per heavy atom. The maximum absolute atomic E-state index is 5.44. The van der Waals surface area contributed by atoms with E-state index in [0.29, 0.717) is 0 Å². The van der Waals surface area contributed by atoms with Gasteiger partial charge >= 0.3 is 0 Å². The first-order chi connectivity index (χ1) is 6.40. The number of nitrogens with zero attached hydrogens (tertiary/aromatic N) is 2. The lowest BCUT2D eigenvalue weighted by atomic mass is 10.2. The van der Waals surface area contributed by atoms with Crippen molar-refractivity contribution in [1.29, 1.82) is 0 Å². The van der Waals surface area contributed by atoms with Crippen LogP contribution in [0.25, 0.3) is 5.52 Å². The molecule has 2 rings (SSSR count). The molecule has 0 atom stereocenters. The Bertz CT molecular complexity index is 359. The van der Waals surface area contributed by atoms with E-state index in [1.54, 1.807) is 0 Å². The van der Waals surface area contributed by atoms with Crippen LogP contribution in [0.1, 0.15) is 12.1 Å². The highest BCUT2D eigenvalue weighted by Gasteiger charge is 1.98. The van der Waals surface area contributed by atoms with Crippen LogP contribution >= 0.6 is 0 Å². The highest BCUT2D eigenvalue weighted by molar-refractivity contribution is 5.46. The summed E-state index contributed by atoms with van der Waals surface area (Å²) in [6, 6.07) is 8.16. The molecule has 0 saturated heterocycles. The van der Waals surface area contributed by atoms with Gasteiger partial charge in [0.25, 0.3) is 0 Å². The Balaban J connectivity index is 2.28. The Hall–Kier alpha value is -1.35. The van der Waals surface area contributed by atoms with E-state index in [0.717, 1.165) is 30.6 Å². The summed E-state index contributed by atoms with van der Waals surface area (Å²) in [5.74, 6) is 0. The maximum Gasteiger partial charge on any atom is 0.0664 e. The molecule has 0 unspecified atom stereocenters. The van der Waals surface area contributed by atoms with Crippen molar-refractivity contribution in [3.8, 4) is 0 Å². The molecular weight excluding hydrogens is 162 g/mol. The molecule has 0 aliphatic carbocycles. The molecule has 3 heteroatoms. The molecule has 68 valence electrons. The summed E-state index contributed by atoms with van der Waals surface area (Å²) < 4.78 is 1.89. The average Bonchev–Trinajstić information content (AvgIpc) is 2.57. The SMILES string of the molecule is NCCCc1cc2ccccn2n1. The fourth-order valence-electron chi connectivity index (χ4n) is 1.40. The van der Waals surface area contributed by atoms with Crippen LogP contribution in [0.15, 0.2) is 30.5 Å². The van der Waals surface area contributed by atoms with Gasteiger partial charge in [0.05, 0.1) is 11.2 Å². The second-order valence-electron chi connectivity index (χ2n) is 3.10. The van der Waals surface area contributed by atoms with Gasteiger partial charge in [0.2, 0.25) is 0 Å². The van der Waals surface area contributed by atoms with Gasteiger partial charge < -0.3 is 5.73 Å². The third-order valence-electron chi connectivity index (χ3n) is 2.06. The van der Waals surface area contributed by atoms with Crippen LogP contribution in [0.2, 0.25) is 0 Å². The predicted molar refractivity (Wildman–Crippen MR) is 52.6 cm³/mol. The van der Waals surface area contributed by atoms with Gasteiger partial charge in [0.15, 0.2) is 0 Å². The fraction of sp³-hybridized carbons (Fsp3) is 0.300. The normalized spacial score (nSPS) is 10.8. The molecule has 2 N–H and O–H groups in total. The van der Waals surface area contributed by atoms with Crippen LogP contribution in [0, 0.1) is 0 Å². The average molecular weight is 175 g/mol. The molecule has 0 fully saturated rings. The fourth-order valence-corrected chi connectivity index (χ4v) is 1.40. The summed E-state index contributed by atoms with van der Waals surface area (Å²) in [6.07, 6.45) is 3.93. The van der Waals surface area contributed by atoms with Crippen LogP contribution in [0.4, 0.5) is 0 Å². The molecule has 0 aromatic carbocycles. The van der Waals surface area contributed by atoms with Crippen LogP contribution < -0.4 is 5.73 Å². The largest absolute Gasteiger partial charge is 0.330 e. The van der Waals surface area contributed by atoms with E-state index in [2.05, 4.69) is 17.2 Å². The molecular formula is C10H13N3. The molecule has 2 aromatic rings. The Kier molecular flexibility index (Phi) is 2.27. The Morgan fingerprint density at radius 1 is 1.38 bits per heavy atom. The van der Waals surface area contributed by atoms with Crippen molar-refractivity contribution in [3.05, 3.63) is 36.2 Å². The molecule has 0 bridgehead atoms. The highest BCUT2D eigenvalue weighted by Crippen LogP contribution is 2.06. The van der Waals surface area contributed by atoms with Crippen LogP contribution in [-0.2, 0) is 6.42 Å².